The number of benzene rings is 3. The minimum absolute atomic E-state index is 0.178. The predicted molar refractivity (Wildman–Crippen MR) is 134 cm³/mol. The number of hydrogen-bond acceptors (Lipinski definition) is 4. The minimum Gasteiger partial charge on any atom is -0.355 e. The molecule has 0 saturated carbocycles. The Balaban J connectivity index is 1.43. The predicted octanol–water partition coefficient (Wildman–Crippen LogP) is 7.35. The molecule has 1 aliphatic rings. The molecule has 182 valence electrons. The molecule has 3 aromatic carbocycles. The van der Waals surface area contributed by atoms with Crippen LogP contribution in [0.2, 0.25) is 5.02 Å². The van der Waals surface area contributed by atoms with Gasteiger partial charge in [-0.15, -0.1) is 0 Å². The smallest absolute Gasteiger partial charge is 0.355 e. The number of hydrogen-bond donors (Lipinski definition) is 1. The van der Waals surface area contributed by atoms with E-state index in [-0.39, 0.29) is 17.5 Å². The molecule has 0 bridgehead atoms. The zero-order valence-electron chi connectivity index (χ0n) is 19.1. The van der Waals surface area contributed by atoms with Gasteiger partial charge in [-0.25, -0.2) is 5.01 Å². The Hall–Kier alpha value is -3.91. The number of rotatable bonds is 4. The molecular weight excluding hydrogens is 489 g/mol. The zero-order chi connectivity index (χ0) is 25.4. The lowest BCUT2D eigenvalue weighted by Crippen LogP contribution is -2.24. The first kappa shape index (κ1) is 23.8. The Morgan fingerprint density at radius 3 is 2.56 bits per heavy atom. The highest BCUT2D eigenvalue weighted by Gasteiger charge is 2.32. The highest BCUT2D eigenvalue weighted by molar-refractivity contribution is 6.30. The van der Waals surface area contributed by atoms with E-state index in [0.717, 1.165) is 34.7 Å². The van der Waals surface area contributed by atoms with Crippen LogP contribution in [0.15, 0.2) is 84.1 Å². The molecule has 2 heterocycles. The molecule has 1 aromatic heterocycles. The molecule has 0 spiro atoms. The van der Waals surface area contributed by atoms with Crippen LogP contribution in [0.4, 0.5) is 24.5 Å². The largest absolute Gasteiger partial charge is 0.416 e. The number of pyridine rings is 1. The maximum Gasteiger partial charge on any atom is 0.416 e. The van der Waals surface area contributed by atoms with Crippen molar-refractivity contribution in [2.75, 3.05) is 5.32 Å². The quantitative estimate of drug-likeness (QED) is 0.313. The van der Waals surface area contributed by atoms with Crippen molar-refractivity contribution in [2.45, 2.75) is 25.6 Å². The number of carbonyl (C=O) groups is 1. The van der Waals surface area contributed by atoms with Gasteiger partial charge in [0.15, 0.2) is 0 Å². The standard InChI is InChI=1S/C27H20ClF3N4O/c1-16(36)35-26(15-24(34-35)17-5-8-20(28)9-6-17)18-3-2-4-21(13-18)33-23-11-12-32-25-14-19(27(29,30)31)7-10-22(23)25/h2-14,26H,15H2,1H3,(H,32,33). The number of alkyl halides is 3. The fourth-order valence-corrected chi connectivity index (χ4v) is 4.42. The Labute approximate surface area is 210 Å². The van der Waals surface area contributed by atoms with E-state index >= 15 is 0 Å². The summed E-state index contributed by atoms with van der Waals surface area (Å²) >= 11 is 6.00. The molecule has 0 saturated heterocycles. The van der Waals surface area contributed by atoms with Crippen LogP contribution in [0, 0.1) is 0 Å². The molecule has 5 nitrogen and oxygen atoms in total. The van der Waals surface area contributed by atoms with Gasteiger partial charge in [-0.2, -0.15) is 18.3 Å². The first-order chi connectivity index (χ1) is 17.2. The van der Waals surface area contributed by atoms with E-state index in [9.17, 15) is 18.0 Å². The fourth-order valence-electron chi connectivity index (χ4n) is 4.29. The van der Waals surface area contributed by atoms with E-state index in [1.54, 1.807) is 18.2 Å². The van der Waals surface area contributed by atoms with Crippen molar-refractivity contribution in [3.63, 3.8) is 0 Å². The molecule has 1 amide bonds. The van der Waals surface area contributed by atoms with Gasteiger partial charge in [-0.05, 0) is 53.6 Å². The van der Waals surface area contributed by atoms with Crippen LogP contribution in [0.1, 0.15) is 36.1 Å². The van der Waals surface area contributed by atoms with Crippen molar-refractivity contribution in [3.8, 4) is 0 Å². The number of nitrogens with zero attached hydrogens (tertiary/aromatic N) is 3. The maximum absolute atomic E-state index is 13.1. The van der Waals surface area contributed by atoms with E-state index in [2.05, 4.69) is 15.4 Å². The molecule has 1 aliphatic heterocycles. The molecule has 36 heavy (non-hydrogen) atoms. The van der Waals surface area contributed by atoms with Crippen LogP contribution >= 0.6 is 11.6 Å². The molecular formula is C27H20ClF3N4O. The van der Waals surface area contributed by atoms with Crippen molar-refractivity contribution < 1.29 is 18.0 Å². The Morgan fingerprint density at radius 2 is 1.83 bits per heavy atom. The third-order valence-electron chi connectivity index (χ3n) is 6.03. The van der Waals surface area contributed by atoms with Gasteiger partial charge < -0.3 is 5.32 Å². The second kappa shape index (κ2) is 9.28. The van der Waals surface area contributed by atoms with Gasteiger partial charge in [-0.3, -0.25) is 9.78 Å². The summed E-state index contributed by atoms with van der Waals surface area (Å²) < 4.78 is 39.3. The Morgan fingerprint density at radius 1 is 1.06 bits per heavy atom. The molecule has 5 rings (SSSR count). The van der Waals surface area contributed by atoms with Gasteiger partial charge in [-0.1, -0.05) is 41.9 Å². The lowest BCUT2D eigenvalue weighted by Gasteiger charge is -2.21. The van der Waals surface area contributed by atoms with Crippen molar-refractivity contribution in [1.29, 1.82) is 0 Å². The summed E-state index contributed by atoms with van der Waals surface area (Å²) in [5, 5.41) is 10.5. The summed E-state index contributed by atoms with van der Waals surface area (Å²) in [4.78, 5) is 16.5. The fraction of sp³-hybridized carbons (Fsp3) is 0.148. The highest BCUT2D eigenvalue weighted by atomic mass is 35.5. The number of nitrogens with one attached hydrogen (secondary N) is 1. The number of carbonyl (C=O) groups excluding carboxylic acids is 1. The van der Waals surface area contributed by atoms with Gasteiger partial charge in [0.1, 0.15) is 0 Å². The number of anilines is 2. The van der Waals surface area contributed by atoms with Gasteiger partial charge in [0.25, 0.3) is 0 Å². The monoisotopic (exact) mass is 508 g/mol. The molecule has 1 atom stereocenters. The Bertz CT molecular complexity index is 1480. The van der Waals surface area contributed by atoms with Gasteiger partial charge in [0, 0.05) is 41.3 Å². The van der Waals surface area contributed by atoms with Crippen LogP contribution < -0.4 is 5.32 Å². The van der Waals surface area contributed by atoms with E-state index in [1.165, 1.54) is 24.2 Å². The molecule has 1 N–H and O–H groups in total. The summed E-state index contributed by atoms with van der Waals surface area (Å²) in [7, 11) is 0. The van der Waals surface area contributed by atoms with Gasteiger partial charge >= 0.3 is 6.18 Å². The lowest BCUT2D eigenvalue weighted by atomic mass is 9.98. The van der Waals surface area contributed by atoms with Crippen molar-refractivity contribution >= 4 is 45.5 Å². The van der Waals surface area contributed by atoms with Crippen molar-refractivity contribution in [1.82, 2.24) is 9.99 Å². The van der Waals surface area contributed by atoms with Crippen LogP contribution in [0.25, 0.3) is 10.9 Å². The summed E-state index contributed by atoms with van der Waals surface area (Å²) in [6.07, 6.45) is -2.44. The van der Waals surface area contributed by atoms with E-state index in [0.29, 0.717) is 22.5 Å². The highest BCUT2D eigenvalue weighted by Crippen LogP contribution is 2.36. The Kier molecular flexibility index (Phi) is 6.14. The normalized spacial score (nSPS) is 15.8. The maximum atomic E-state index is 13.1. The third kappa shape index (κ3) is 4.77. The lowest BCUT2D eigenvalue weighted by molar-refractivity contribution is -0.137. The molecule has 1 unspecified atom stereocenters. The number of amides is 1. The molecule has 4 aromatic rings. The second-order valence-corrected chi connectivity index (χ2v) is 8.91. The van der Waals surface area contributed by atoms with Crippen LogP contribution in [0.3, 0.4) is 0 Å². The third-order valence-corrected chi connectivity index (χ3v) is 6.28. The number of halogens is 4. The number of fused-ring (bicyclic) bond motifs is 1. The minimum atomic E-state index is -4.44. The number of hydrazone groups is 1. The van der Waals surface area contributed by atoms with E-state index in [4.69, 9.17) is 11.6 Å². The van der Waals surface area contributed by atoms with Crippen molar-refractivity contribution in [3.05, 3.63) is 101 Å². The second-order valence-electron chi connectivity index (χ2n) is 8.48. The molecule has 0 aliphatic carbocycles. The zero-order valence-corrected chi connectivity index (χ0v) is 19.8. The van der Waals surface area contributed by atoms with Crippen LogP contribution in [-0.4, -0.2) is 21.6 Å². The van der Waals surface area contributed by atoms with Crippen LogP contribution in [0.5, 0.6) is 0 Å². The molecule has 0 fully saturated rings. The summed E-state index contributed by atoms with van der Waals surface area (Å²) in [6.45, 7) is 1.47. The van der Waals surface area contributed by atoms with E-state index in [1.807, 2.05) is 36.4 Å². The van der Waals surface area contributed by atoms with Crippen LogP contribution in [-0.2, 0) is 11.0 Å². The average Bonchev–Trinajstić information content (AvgIpc) is 3.30. The van der Waals surface area contributed by atoms with E-state index < -0.39 is 11.7 Å². The summed E-state index contributed by atoms with van der Waals surface area (Å²) in [5.41, 5.74) is 3.40. The topological polar surface area (TPSA) is 57.6 Å². The van der Waals surface area contributed by atoms with Crippen molar-refractivity contribution in [2.24, 2.45) is 5.10 Å². The SMILES string of the molecule is CC(=O)N1N=C(c2ccc(Cl)cc2)CC1c1cccc(Nc2ccnc3cc(C(F)(F)F)ccc23)c1. The average molecular weight is 509 g/mol. The first-order valence-electron chi connectivity index (χ1n) is 11.2. The molecule has 0 radical (unpaired) electrons. The molecule has 9 heteroatoms. The summed E-state index contributed by atoms with van der Waals surface area (Å²) in [6, 6.07) is 19.8. The first-order valence-corrected chi connectivity index (χ1v) is 11.5. The van der Waals surface area contributed by atoms with Gasteiger partial charge in [0.2, 0.25) is 5.91 Å². The number of aromatic nitrogens is 1. The van der Waals surface area contributed by atoms with Gasteiger partial charge in [0.05, 0.1) is 22.8 Å². The summed E-state index contributed by atoms with van der Waals surface area (Å²) in [5.74, 6) is -0.178.